The number of hydrogen-bond acceptors (Lipinski definition) is 2. The summed E-state index contributed by atoms with van der Waals surface area (Å²) in [5.74, 6) is -3.33. The number of benzene rings is 1. The van der Waals surface area contributed by atoms with E-state index in [2.05, 4.69) is 5.32 Å². The summed E-state index contributed by atoms with van der Waals surface area (Å²) in [6.45, 7) is 2.08. The molecule has 0 aromatic heterocycles. The number of carboxylic acids is 1. The third kappa shape index (κ3) is 3.48. The number of carboxylic acid groups (broad SMARTS) is 1. The number of piperidine rings is 1. The van der Waals surface area contributed by atoms with Gasteiger partial charge >= 0.3 is 12.0 Å². The van der Waals surface area contributed by atoms with Gasteiger partial charge in [-0.3, -0.25) is 4.79 Å². The van der Waals surface area contributed by atoms with E-state index in [1.54, 1.807) is 6.92 Å². The highest BCUT2D eigenvalue weighted by molar-refractivity contribution is 5.89. The van der Waals surface area contributed by atoms with Crippen LogP contribution in [0.4, 0.5) is 19.3 Å². The van der Waals surface area contributed by atoms with E-state index in [-0.39, 0.29) is 11.7 Å². The first-order valence-electron chi connectivity index (χ1n) is 6.64. The third-order valence-electron chi connectivity index (χ3n) is 3.66. The minimum absolute atomic E-state index is 0.159. The Balaban J connectivity index is 2.00. The van der Waals surface area contributed by atoms with Crippen LogP contribution in [-0.2, 0) is 4.79 Å². The highest BCUT2D eigenvalue weighted by Gasteiger charge is 2.32. The molecule has 1 heterocycles. The van der Waals surface area contributed by atoms with Gasteiger partial charge in [0.15, 0.2) is 11.6 Å². The number of nitrogens with zero attached hydrogens (tertiary/aromatic N) is 1. The first kappa shape index (κ1) is 15.2. The van der Waals surface area contributed by atoms with Crippen LogP contribution in [0.1, 0.15) is 19.8 Å². The molecule has 1 fully saturated rings. The van der Waals surface area contributed by atoms with Crippen LogP contribution < -0.4 is 5.32 Å². The van der Waals surface area contributed by atoms with Crippen molar-refractivity contribution in [3.63, 3.8) is 0 Å². The van der Waals surface area contributed by atoms with Gasteiger partial charge < -0.3 is 15.3 Å². The highest BCUT2D eigenvalue weighted by Crippen LogP contribution is 2.24. The smallest absolute Gasteiger partial charge is 0.322 e. The molecule has 114 valence electrons. The van der Waals surface area contributed by atoms with E-state index in [9.17, 15) is 18.4 Å². The molecule has 2 N–H and O–H groups in total. The molecule has 1 aliphatic rings. The van der Waals surface area contributed by atoms with Gasteiger partial charge in [0.1, 0.15) is 0 Å². The first-order valence-corrected chi connectivity index (χ1v) is 6.64. The fourth-order valence-electron chi connectivity index (χ4n) is 2.47. The average molecular weight is 298 g/mol. The van der Waals surface area contributed by atoms with Gasteiger partial charge in [0.2, 0.25) is 0 Å². The molecular formula is C14H16F2N2O3. The van der Waals surface area contributed by atoms with Crippen molar-refractivity contribution in [1.82, 2.24) is 4.90 Å². The van der Waals surface area contributed by atoms with Crippen molar-refractivity contribution in [1.29, 1.82) is 0 Å². The van der Waals surface area contributed by atoms with E-state index >= 15 is 0 Å². The second kappa shape index (κ2) is 6.07. The summed E-state index contributed by atoms with van der Waals surface area (Å²) in [4.78, 5) is 24.5. The van der Waals surface area contributed by atoms with Gasteiger partial charge in [0, 0.05) is 24.3 Å². The Morgan fingerprint density at radius 1 is 1.33 bits per heavy atom. The van der Waals surface area contributed by atoms with Crippen molar-refractivity contribution in [3.05, 3.63) is 29.8 Å². The number of rotatable bonds is 2. The number of carbonyl (C=O) groups is 2. The number of nitrogens with one attached hydrogen (secondary N) is 1. The minimum Gasteiger partial charge on any atom is -0.481 e. The number of aliphatic carboxylic acids is 1. The van der Waals surface area contributed by atoms with Crippen molar-refractivity contribution in [2.45, 2.75) is 25.8 Å². The van der Waals surface area contributed by atoms with Gasteiger partial charge in [-0.15, -0.1) is 0 Å². The van der Waals surface area contributed by atoms with Crippen molar-refractivity contribution < 1.29 is 23.5 Å². The van der Waals surface area contributed by atoms with Gasteiger partial charge in [-0.05, 0) is 31.9 Å². The van der Waals surface area contributed by atoms with Gasteiger partial charge in [-0.2, -0.15) is 0 Å². The van der Waals surface area contributed by atoms with Crippen LogP contribution in [0.25, 0.3) is 0 Å². The molecule has 21 heavy (non-hydrogen) atoms. The molecule has 0 spiro atoms. The molecule has 1 saturated heterocycles. The van der Waals surface area contributed by atoms with Gasteiger partial charge in [0.05, 0.1) is 5.92 Å². The van der Waals surface area contributed by atoms with Crippen LogP contribution in [0, 0.1) is 17.6 Å². The molecule has 0 radical (unpaired) electrons. The topological polar surface area (TPSA) is 69.6 Å². The van der Waals surface area contributed by atoms with Crippen molar-refractivity contribution >= 4 is 17.7 Å². The molecule has 0 aliphatic carbocycles. The SMILES string of the molecule is CC1CC(C(=O)O)CCN1C(=O)Nc1ccc(F)c(F)c1. The van der Waals surface area contributed by atoms with Gasteiger partial charge in [-0.25, -0.2) is 13.6 Å². The molecular weight excluding hydrogens is 282 g/mol. The van der Waals surface area contributed by atoms with Gasteiger partial charge in [0.25, 0.3) is 0 Å². The zero-order chi connectivity index (χ0) is 15.6. The third-order valence-corrected chi connectivity index (χ3v) is 3.66. The highest BCUT2D eigenvalue weighted by atomic mass is 19.2. The molecule has 0 saturated carbocycles. The monoisotopic (exact) mass is 298 g/mol. The van der Waals surface area contributed by atoms with Crippen molar-refractivity contribution in [3.8, 4) is 0 Å². The lowest BCUT2D eigenvalue weighted by Gasteiger charge is -2.36. The van der Waals surface area contributed by atoms with E-state index in [0.29, 0.717) is 19.4 Å². The molecule has 2 atom stereocenters. The van der Waals surface area contributed by atoms with E-state index < -0.39 is 29.6 Å². The number of halogens is 2. The number of likely N-dealkylation sites (tertiary alicyclic amines) is 1. The predicted molar refractivity (Wildman–Crippen MR) is 71.9 cm³/mol. The average Bonchev–Trinajstić information content (AvgIpc) is 2.42. The summed E-state index contributed by atoms with van der Waals surface area (Å²) in [6.07, 6.45) is 0.755. The zero-order valence-corrected chi connectivity index (χ0v) is 11.5. The number of anilines is 1. The molecule has 1 aromatic rings. The van der Waals surface area contributed by atoms with Crippen molar-refractivity contribution in [2.24, 2.45) is 5.92 Å². The van der Waals surface area contributed by atoms with Crippen LogP contribution in [0.3, 0.4) is 0 Å². The molecule has 1 aromatic carbocycles. The Labute approximate surface area is 120 Å². The van der Waals surface area contributed by atoms with E-state index in [0.717, 1.165) is 12.1 Å². The van der Waals surface area contributed by atoms with E-state index in [1.807, 2.05) is 0 Å². The normalized spacial score (nSPS) is 22.0. The summed E-state index contributed by atoms with van der Waals surface area (Å²) in [5, 5.41) is 11.5. The molecule has 2 rings (SSSR count). The van der Waals surface area contributed by atoms with Crippen LogP contribution in [0.2, 0.25) is 0 Å². The van der Waals surface area contributed by atoms with Gasteiger partial charge in [-0.1, -0.05) is 0 Å². The Bertz CT molecular complexity index is 565. The number of amides is 2. The first-order chi connectivity index (χ1) is 9.88. The zero-order valence-electron chi connectivity index (χ0n) is 11.5. The fourth-order valence-corrected chi connectivity index (χ4v) is 2.47. The van der Waals surface area contributed by atoms with E-state index in [4.69, 9.17) is 5.11 Å². The summed E-state index contributed by atoms with van der Waals surface area (Å²) in [5.41, 5.74) is 0.159. The molecule has 1 aliphatic heterocycles. The number of urea groups is 1. The van der Waals surface area contributed by atoms with Crippen LogP contribution in [0.5, 0.6) is 0 Å². The van der Waals surface area contributed by atoms with Crippen LogP contribution >= 0.6 is 0 Å². The minimum atomic E-state index is -1.04. The fraction of sp³-hybridized carbons (Fsp3) is 0.429. The summed E-state index contributed by atoms with van der Waals surface area (Å²) in [7, 11) is 0. The molecule has 2 amide bonds. The molecule has 0 bridgehead atoms. The lowest BCUT2D eigenvalue weighted by Crippen LogP contribution is -2.47. The maximum Gasteiger partial charge on any atom is 0.322 e. The second-order valence-electron chi connectivity index (χ2n) is 5.16. The quantitative estimate of drug-likeness (QED) is 0.882. The molecule has 2 unspecified atom stereocenters. The maximum atomic E-state index is 13.1. The largest absolute Gasteiger partial charge is 0.481 e. The van der Waals surface area contributed by atoms with E-state index in [1.165, 1.54) is 11.0 Å². The Morgan fingerprint density at radius 2 is 2.05 bits per heavy atom. The van der Waals surface area contributed by atoms with Crippen molar-refractivity contribution in [2.75, 3.05) is 11.9 Å². The molecule has 5 nitrogen and oxygen atoms in total. The number of carbonyl (C=O) groups excluding carboxylic acids is 1. The second-order valence-corrected chi connectivity index (χ2v) is 5.16. The van der Waals surface area contributed by atoms with Crippen LogP contribution in [0.15, 0.2) is 18.2 Å². The lowest BCUT2D eigenvalue weighted by molar-refractivity contribution is -0.143. The van der Waals surface area contributed by atoms with Crippen LogP contribution in [-0.4, -0.2) is 34.6 Å². The summed E-state index contributed by atoms with van der Waals surface area (Å²) >= 11 is 0. The lowest BCUT2D eigenvalue weighted by atomic mass is 9.92. The Kier molecular flexibility index (Phi) is 4.40. The molecule has 7 heteroatoms. The Morgan fingerprint density at radius 3 is 2.62 bits per heavy atom. The standard InChI is InChI=1S/C14H16F2N2O3/c1-8-6-9(13(19)20)4-5-18(8)14(21)17-10-2-3-11(15)12(16)7-10/h2-3,7-9H,4-6H2,1H3,(H,17,21)(H,19,20). The summed E-state index contributed by atoms with van der Waals surface area (Å²) in [6, 6.07) is 2.43. The number of hydrogen-bond donors (Lipinski definition) is 2. The summed E-state index contributed by atoms with van der Waals surface area (Å²) < 4.78 is 25.9. The Hall–Kier alpha value is -2.18. The maximum absolute atomic E-state index is 13.1. The predicted octanol–water partition coefficient (Wildman–Crippen LogP) is 2.68.